The molecule has 0 fully saturated rings. The highest BCUT2D eigenvalue weighted by molar-refractivity contribution is 5.94. The van der Waals surface area contributed by atoms with Crippen LogP contribution in [-0.2, 0) is 6.42 Å². The Hall–Kier alpha value is -2.30. The van der Waals surface area contributed by atoms with E-state index in [-0.39, 0.29) is 17.9 Å². The van der Waals surface area contributed by atoms with Gasteiger partial charge in [0, 0.05) is 6.54 Å². The Morgan fingerprint density at radius 1 is 1.00 bits per heavy atom. The summed E-state index contributed by atoms with van der Waals surface area (Å²) in [6, 6.07) is 8.65. The van der Waals surface area contributed by atoms with E-state index >= 15 is 0 Å². The van der Waals surface area contributed by atoms with Crippen LogP contribution in [0.2, 0.25) is 0 Å². The number of nitrogens with one attached hydrogen (secondary N) is 1. The topological polar surface area (TPSA) is 29.1 Å². The highest BCUT2D eigenvalue weighted by Crippen LogP contribution is 2.09. The van der Waals surface area contributed by atoms with Crippen LogP contribution in [0.15, 0.2) is 42.5 Å². The maximum atomic E-state index is 13.3. The Balaban J connectivity index is 1.94. The van der Waals surface area contributed by atoms with Gasteiger partial charge in [-0.2, -0.15) is 0 Å². The lowest BCUT2D eigenvalue weighted by molar-refractivity contribution is 0.0949. The number of hydrogen-bond donors (Lipinski definition) is 1. The monoisotopic (exact) mass is 279 g/mol. The quantitative estimate of drug-likeness (QED) is 0.915. The Bertz CT molecular complexity index is 628. The van der Waals surface area contributed by atoms with Crippen LogP contribution >= 0.6 is 0 Å². The molecule has 0 aliphatic rings. The van der Waals surface area contributed by atoms with Crippen LogP contribution in [0.25, 0.3) is 0 Å². The first-order valence-corrected chi connectivity index (χ1v) is 6.04. The minimum Gasteiger partial charge on any atom is -0.352 e. The maximum Gasteiger partial charge on any atom is 0.254 e. The molecule has 0 unspecified atom stereocenters. The van der Waals surface area contributed by atoms with Gasteiger partial charge in [0.05, 0.1) is 5.56 Å². The van der Waals surface area contributed by atoms with Crippen molar-refractivity contribution in [3.05, 3.63) is 71.0 Å². The van der Waals surface area contributed by atoms with Crippen molar-refractivity contribution >= 4 is 5.91 Å². The van der Waals surface area contributed by atoms with E-state index < -0.39 is 17.5 Å². The van der Waals surface area contributed by atoms with Gasteiger partial charge in [-0.25, -0.2) is 13.2 Å². The normalized spacial score (nSPS) is 10.3. The Labute approximate surface area is 114 Å². The molecule has 20 heavy (non-hydrogen) atoms. The summed E-state index contributed by atoms with van der Waals surface area (Å²) >= 11 is 0. The minimum atomic E-state index is -0.783. The zero-order valence-corrected chi connectivity index (χ0v) is 10.5. The van der Waals surface area contributed by atoms with Crippen LogP contribution in [0.5, 0.6) is 0 Å². The number of halogens is 3. The fraction of sp³-hybridized carbons (Fsp3) is 0.133. The molecule has 0 bridgehead atoms. The zero-order valence-electron chi connectivity index (χ0n) is 10.5. The molecule has 0 saturated carbocycles. The summed E-state index contributed by atoms with van der Waals surface area (Å²) in [5, 5.41) is 2.47. The van der Waals surface area contributed by atoms with Crippen molar-refractivity contribution in [1.29, 1.82) is 0 Å². The molecule has 1 N–H and O–H groups in total. The first kappa shape index (κ1) is 14.1. The smallest absolute Gasteiger partial charge is 0.254 e. The van der Waals surface area contributed by atoms with Crippen molar-refractivity contribution in [2.24, 2.45) is 0 Å². The van der Waals surface area contributed by atoms with E-state index in [1.807, 2.05) is 0 Å². The third-order valence-electron chi connectivity index (χ3n) is 2.76. The van der Waals surface area contributed by atoms with Gasteiger partial charge in [-0.05, 0) is 42.3 Å². The highest BCUT2D eigenvalue weighted by Gasteiger charge is 2.12. The van der Waals surface area contributed by atoms with Gasteiger partial charge in [0.15, 0.2) is 0 Å². The van der Waals surface area contributed by atoms with Crippen LogP contribution in [0.3, 0.4) is 0 Å². The standard InChI is InChI=1S/C15H12F3NO/c16-11-3-1-2-10(8-11)6-7-19-15(20)13-9-12(17)4-5-14(13)18/h1-5,8-9H,6-7H2,(H,19,20). The molecule has 2 nitrogen and oxygen atoms in total. The molecule has 0 aromatic heterocycles. The van der Waals surface area contributed by atoms with Crippen molar-refractivity contribution in [3.63, 3.8) is 0 Å². The van der Waals surface area contributed by atoms with E-state index in [0.717, 1.165) is 18.2 Å². The fourth-order valence-corrected chi connectivity index (χ4v) is 1.78. The summed E-state index contributed by atoms with van der Waals surface area (Å²) in [6.45, 7) is 0.207. The molecule has 2 aromatic carbocycles. The molecule has 1 amide bonds. The average molecular weight is 279 g/mol. The van der Waals surface area contributed by atoms with Gasteiger partial charge < -0.3 is 5.32 Å². The van der Waals surface area contributed by atoms with Crippen molar-refractivity contribution in [3.8, 4) is 0 Å². The average Bonchev–Trinajstić information content (AvgIpc) is 2.41. The second-order valence-corrected chi connectivity index (χ2v) is 4.26. The predicted molar refractivity (Wildman–Crippen MR) is 68.8 cm³/mol. The molecule has 104 valence electrons. The molecule has 0 heterocycles. The highest BCUT2D eigenvalue weighted by atomic mass is 19.1. The van der Waals surface area contributed by atoms with Crippen molar-refractivity contribution in [2.45, 2.75) is 6.42 Å². The fourth-order valence-electron chi connectivity index (χ4n) is 1.78. The lowest BCUT2D eigenvalue weighted by atomic mass is 10.1. The van der Waals surface area contributed by atoms with Gasteiger partial charge in [-0.3, -0.25) is 4.79 Å². The molecule has 0 radical (unpaired) electrons. The largest absolute Gasteiger partial charge is 0.352 e. The maximum absolute atomic E-state index is 13.3. The second kappa shape index (κ2) is 6.23. The minimum absolute atomic E-state index is 0.207. The summed E-state index contributed by atoms with van der Waals surface area (Å²) in [6.07, 6.45) is 0.403. The molecule has 0 saturated heterocycles. The van der Waals surface area contributed by atoms with Gasteiger partial charge in [-0.1, -0.05) is 12.1 Å². The molecule has 0 aliphatic carbocycles. The number of amides is 1. The molecular formula is C15H12F3NO. The van der Waals surface area contributed by atoms with Crippen molar-refractivity contribution in [2.75, 3.05) is 6.54 Å². The second-order valence-electron chi connectivity index (χ2n) is 4.26. The third-order valence-corrected chi connectivity index (χ3v) is 2.76. The van der Waals surface area contributed by atoms with E-state index in [1.54, 1.807) is 12.1 Å². The summed E-state index contributed by atoms with van der Waals surface area (Å²) in [5.74, 6) is -2.51. The number of carbonyl (C=O) groups is 1. The van der Waals surface area contributed by atoms with Crippen molar-refractivity contribution in [1.82, 2.24) is 5.32 Å². The van der Waals surface area contributed by atoms with Crippen LogP contribution in [0.1, 0.15) is 15.9 Å². The first-order valence-electron chi connectivity index (χ1n) is 6.04. The Morgan fingerprint density at radius 3 is 2.50 bits per heavy atom. The van der Waals surface area contributed by atoms with E-state index in [0.29, 0.717) is 12.0 Å². The Morgan fingerprint density at radius 2 is 1.75 bits per heavy atom. The molecule has 0 spiro atoms. The first-order chi connectivity index (χ1) is 9.56. The van der Waals surface area contributed by atoms with Crippen LogP contribution in [-0.4, -0.2) is 12.5 Å². The molecule has 2 rings (SSSR count). The van der Waals surface area contributed by atoms with Gasteiger partial charge in [0.1, 0.15) is 17.5 Å². The van der Waals surface area contributed by atoms with E-state index in [2.05, 4.69) is 5.32 Å². The van der Waals surface area contributed by atoms with Gasteiger partial charge in [-0.15, -0.1) is 0 Å². The van der Waals surface area contributed by atoms with E-state index in [4.69, 9.17) is 0 Å². The van der Waals surface area contributed by atoms with Crippen LogP contribution in [0.4, 0.5) is 13.2 Å². The molecule has 0 aliphatic heterocycles. The third kappa shape index (κ3) is 3.60. The molecule has 5 heteroatoms. The van der Waals surface area contributed by atoms with E-state index in [1.165, 1.54) is 12.1 Å². The Kier molecular flexibility index (Phi) is 4.40. The van der Waals surface area contributed by atoms with Gasteiger partial charge >= 0.3 is 0 Å². The SMILES string of the molecule is O=C(NCCc1cccc(F)c1)c1cc(F)ccc1F. The lowest BCUT2D eigenvalue weighted by Gasteiger charge is -2.06. The summed E-state index contributed by atoms with van der Waals surface area (Å²) in [5.41, 5.74) is 0.370. The van der Waals surface area contributed by atoms with Gasteiger partial charge in [0.25, 0.3) is 5.91 Å². The number of rotatable bonds is 4. The lowest BCUT2D eigenvalue weighted by Crippen LogP contribution is -2.26. The van der Waals surface area contributed by atoms with E-state index in [9.17, 15) is 18.0 Å². The molecule has 2 aromatic rings. The number of benzene rings is 2. The number of carbonyl (C=O) groups excluding carboxylic acids is 1. The predicted octanol–water partition coefficient (Wildman–Crippen LogP) is 3.08. The van der Waals surface area contributed by atoms with Gasteiger partial charge in [0.2, 0.25) is 0 Å². The van der Waals surface area contributed by atoms with Crippen LogP contribution < -0.4 is 5.32 Å². The summed E-state index contributed by atoms with van der Waals surface area (Å²) in [7, 11) is 0. The molecular weight excluding hydrogens is 267 g/mol. The number of hydrogen-bond acceptors (Lipinski definition) is 1. The zero-order chi connectivity index (χ0) is 14.5. The molecule has 0 atom stereocenters. The summed E-state index contributed by atoms with van der Waals surface area (Å²) in [4.78, 5) is 11.7. The summed E-state index contributed by atoms with van der Waals surface area (Å²) < 4.78 is 39.2. The van der Waals surface area contributed by atoms with Crippen LogP contribution in [0, 0.1) is 17.5 Å². The van der Waals surface area contributed by atoms with Crippen molar-refractivity contribution < 1.29 is 18.0 Å².